The number of nitrogen functional groups attached to an aromatic ring is 1. The lowest BCUT2D eigenvalue weighted by Gasteiger charge is -2.17. The normalized spacial score (nSPS) is 11.0. The van der Waals surface area contributed by atoms with Crippen molar-refractivity contribution in [1.29, 1.82) is 0 Å². The highest BCUT2D eigenvalue weighted by molar-refractivity contribution is 5.97. The summed E-state index contributed by atoms with van der Waals surface area (Å²) in [6, 6.07) is 7.25. The van der Waals surface area contributed by atoms with Crippen molar-refractivity contribution in [3.05, 3.63) is 50.7 Å². The van der Waals surface area contributed by atoms with Crippen LogP contribution in [0.1, 0.15) is 5.56 Å². The monoisotopic (exact) mass is 341 g/mol. The Labute approximate surface area is 143 Å². The van der Waals surface area contributed by atoms with Crippen LogP contribution in [0.4, 0.5) is 5.82 Å². The predicted molar refractivity (Wildman–Crippen MR) is 96.5 cm³/mol. The maximum absolute atomic E-state index is 12.9. The van der Waals surface area contributed by atoms with Crippen molar-refractivity contribution in [2.45, 2.75) is 6.54 Å². The Morgan fingerprint density at radius 1 is 1.16 bits per heavy atom. The Bertz CT molecular complexity index is 1100. The van der Waals surface area contributed by atoms with Crippen molar-refractivity contribution in [2.24, 2.45) is 19.8 Å². The summed E-state index contributed by atoms with van der Waals surface area (Å²) in [7, 11) is 4.51. The van der Waals surface area contributed by atoms with E-state index in [1.165, 1.54) is 11.6 Å². The molecule has 4 N–H and O–H groups in total. The Morgan fingerprint density at radius 3 is 2.48 bits per heavy atom. The maximum Gasteiger partial charge on any atom is 0.332 e. The fraction of sp³-hybridized carbons (Fsp3) is 0.235. The molecule has 8 nitrogen and oxygen atoms in total. The summed E-state index contributed by atoms with van der Waals surface area (Å²) in [4.78, 5) is 29.4. The molecule has 0 aliphatic carbocycles. The van der Waals surface area contributed by atoms with Crippen LogP contribution in [-0.2, 0) is 20.6 Å². The zero-order chi connectivity index (χ0) is 18.3. The van der Waals surface area contributed by atoms with Gasteiger partial charge in [0.2, 0.25) is 0 Å². The van der Waals surface area contributed by atoms with E-state index in [0.717, 1.165) is 4.57 Å². The van der Waals surface area contributed by atoms with Gasteiger partial charge in [-0.25, -0.2) is 9.78 Å². The van der Waals surface area contributed by atoms with Crippen molar-refractivity contribution >= 4 is 16.9 Å². The Balaban J connectivity index is 2.66. The molecular weight excluding hydrogens is 322 g/mol. The first-order valence-corrected chi connectivity index (χ1v) is 7.63. The number of nitrogens with two attached hydrogens (primary N) is 2. The van der Waals surface area contributed by atoms with Crippen LogP contribution < -0.4 is 27.5 Å². The first-order chi connectivity index (χ1) is 11.9. The molecule has 25 heavy (non-hydrogen) atoms. The fourth-order valence-corrected chi connectivity index (χ4v) is 3.00. The number of hydrogen-bond donors (Lipinski definition) is 2. The second kappa shape index (κ2) is 6.06. The van der Waals surface area contributed by atoms with Gasteiger partial charge in [-0.1, -0.05) is 18.2 Å². The number of aromatic nitrogens is 3. The molecule has 0 fully saturated rings. The van der Waals surface area contributed by atoms with Gasteiger partial charge < -0.3 is 16.2 Å². The molecule has 0 bridgehead atoms. The van der Waals surface area contributed by atoms with Gasteiger partial charge in [0.15, 0.2) is 5.65 Å². The van der Waals surface area contributed by atoms with Crippen LogP contribution in [0, 0.1) is 0 Å². The van der Waals surface area contributed by atoms with Gasteiger partial charge in [0.25, 0.3) is 5.56 Å². The van der Waals surface area contributed by atoms with Crippen molar-refractivity contribution in [2.75, 3.05) is 12.8 Å². The second-order valence-electron chi connectivity index (χ2n) is 5.66. The minimum absolute atomic E-state index is 0.0914. The number of hydrogen-bond acceptors (Lipinski definition) is 6. The fourth-order valence-electron chi connectivity index (χ4n) is 3.00. The molecule has 3 aromatic rings. The van der Waals surface area contributed by atoms with Crippen LogP contribution in [0.5, 0.6) is 5.75 Å². The van der Waals surface area contributed by atoms with E-state index in [1.807, 2.05) is 18.2 Å². The number of pyridine rings is 1. The Hall–Kier alpha value is -3.13. The molecule has 0 amide bonds. The first-order valence-electron chi connectivity index (χ1n) is 7.63. The van der Waals surface area contributed by atoms with Crippen LogP contribution in [-0.4, -0.2) is 21.2 Å². The third-order valence-electron chi connectivity index (χ3n) is 4.30. The Kier molecular flexibility index (Phi) is 4.05. The van der Waals surface area contributed by atoms with Crippen LogP contribution in [0.15, 0.2) is 33.9 Å². The molecule has 0 aliphatic heterocycles. The SMILES string of the molecule is COc1ccccc1-c1c(CN)c(N)nc2c1c(=O)n(C)c(=O)n2C. The number of methoxy groups -OCH3 is 1. The molecule has 0 atom stereocenters. The molecule has 3 rings (SSSR count). The molecule has 0 saturated heterocycles. The van der Waals surface area contributed by atoms with E-state index in [9.17, 15) is 9.59 Å². The molecular formula is C17H19N5O3. The predicted octanol–water partition coefficient (Wildman–Crippen LogP) is 0.349. The van der Waals surface area contributed by atoms with E-state index in [-0.39, 0.29) is 23.4 Å². The lowest BCUT2D eigenvalue weighted by Crippen LogP contribution is -2.38. The highest BCUT2D eigenvalue weighted by atomic mass is 16.5. The van der Waals surface area contributed by atoms with Crippen LogP contribution >= 0.6 is 0 Å². The van der Waals surface area contributed by atoms with E-state index >= 15 is 0 Å². The maximum atomic E-state index is 12.9. The van der Waals surface area contributed by atoms with Gasteiger partial charge in [-0.05, 0) is 6.07 Å². The standard InChI is InChI=1S/C17H19N5O3/c1-21-15-13(16(23)22(2)17(21)24)12(10(8-18)14(19)20-15)9-6-4-5-7-11(9)25-3/h4-7H,8,18H2,1-3H3,(H2,19,20). The smallest absolute Gasteiger partial charge is 0.332 e. The summed E-state index contributed by atoms with van der Waals surface area (Å²) >= 11 is 0. The van der Waals surface area contributed by atoms with Gasteiger partial charge in [-0.2, -0.15) is 0 Å². The quantitative estimate of drug-likeness (QED) is 0.709. The summed E-state index contributed by atoms with van der Waals surface area (Å²) in [6.07, 6.45) is 0. The lowest BCUT2D eigenvalue weighted by molar-refractivity contribution is 0.416. The second-order valence-corrected chi connectivity index (χ2v) is 5.66. The van der Waals surface area contributed by atoms with E-state index in [0.29, 0.717) is 22.4 Å². The average Bonchev–Trinajstić information content (AvgIpc) is 2.63. The average molecular weight is 341 g/mol. The third-order valence-corrected chi connectivity index (χ3v) is 4.30. The molecule has 2 heterocycles. The van der Waals surface area contributed by atoms with Crippen molar-refractivity contribution in [3.63, 3.8) is 0 Å². The summed E-state index contributed by atoms with van der Waals surface area (Å²) in [5.74, 6) is 0.749. The van der Waals surface area contributed by atoms with E-state index in [4.69, 9.17) is 16.2 Å². The number of para-hydroxylation sites is 1. The van der Waals surface area contributed by atoms with E-state index < -0.39 is 11.2 Å². The van der Waals surface area contributed by atoms with Gasteiger partial charge >= 0.3 is 5.69 Å². The topological polar surface area (TPSA) is 118 Å². The number of aryl methyl sites for hydroxylation is 1. The van der Waals surface area contributed by atoms with Gasteiger partial charge in [-0.15, -0.1) is 0 Å². The molecule has 0 spiro atoms. The summed E-state index contributed by atoms with van der Waals surface area (Å²) < 4.78 is 7.77. The molecule has 8 heteroatoms. The van der Waals surface area contributed by atoms with Gasteiger partial charge in [0, 0.05) is 37.3 Å². The number of nitrogens with zero attached hydrogens (tertiary/aromatic N) is 3. The van der Waals surface area contributed by atoms with Crippen molar-refractivity contribution in [3.8, 4) is 16.9 Å². The van der Waals surface area contributed by atoms with Crippen molar-refractivity contribution in [1.82, 2.24) is 14.1 Å². The van der Waals surface area contributed by atoms with Gasteiger partial charge in [0.1, 0.15) is 11.6 Å². The van der Waals surface area contributed by atoms with Crippen LogP contribution in [0.25, 0.3) is 22.2 Å². The third kappa shape index (κ3) is 2.38. The molecule has 1 aromatic carbocycles. The first kappa shape index (κ1) is 16.7. The number of benzene rings is 1. The molecule has 0 radical (unpaired) electrons. The number of rotatable bonds is 3. The highest BCUT2D eigenvalue weighted by Gasteiger charge is 2.22. The molecule has 0 unspecified atom stereocenters. The highest BCUT2D eigenvalue weighted by Crippen LogP contribution is 2.37. The zero-order valence-corrected chi connectivity index (χ0v) is 14.2. The molecule has 0 aliphatic rings. The van der Waals surface area contributed by atoms with Crippen LogP contribution in [0.2, 0.25) is 0 Å². The number of anilines is 1. The zero-order valence-electron chi connectivity index (χ0n) is 14.2. The van der Waals surface area contributed by atoms with Crippen LogP contribution in [0.3, 0.4) is 0 Å². The van der Waals surface area contributed by atoms with Crippen molar-refractivity contribution < 1.29 is 4.74 Å². The molecule has 2 aromatic heterocycles. The summed E-state index contributed by atoms with van der Waals surface area (Å²) in [6.45, 7) is 0.0914. The largest absolute Gasteiger partial charge is 0.496 e. The minimum Gasteiger partial charge on any atom is -0.496 e. The Morgan fingerprint density at radius 2 is 1.84 bits per heavy atom. The number of fused-ring (bicyclic) bond motifs is 1. The molecule has 130 valence electrons. The minimum atomic E-state index is -0.476. The van der Waals surface area contributed by atoms with E-state index in [1.54, 1.807) is 20.2 Å². The summed E-state index contributed by atoms with van der Waals surface area (Å²) in [5.41, 5.74) is 13.0. The van der Waals surface area contributed by atoms with E-state index in [2.05, 4.69) is 4.98 Å². The van der Waals surface area contributed by atoms with Gasteiger partial charge in [0.05, 0.1) is 12.5 Å². The number of ether oxygens (including phenoxy) is 1. The summed E-state index contributed by atoms with van der Waals surface area (Å²) in [5, 5.41) is 0.281. The van der Waals surface area contributed by atoms with Gasteiger partial charge in [-0.3, -0.25) is 13.9 Å². The lowest BCUT2D eigenvalue weighted by atomic mass is 9.96. The molecule has 0 saturated carbocycles.